The van der Waals surface area contributed by atoms with Crippen LogP contribution < -0.4 is 5.32 Å². The molecule has 1 aromatic carbocycles. The van der Waals surface area contributed by atoms with Gasteiger partial charge in [0.25, 0.3) is 5.91 Å². The van der Waals surface area contributed by atoms with Crippen molar-refractivity contribution in [1.29, 1.82) is 0 Å². The first-order valence-corrected chi connectivity index (χ1v) is 8.10. The number of carbonyl (C=O) groups excluding carboxylic acids is 2. The van der Waals surface area contributed by atoms with Crippen LogP contribution in [0.4, 0.5) is 4.79 Å². The zero-order chi connectivity index (χ0) is 17.3. The summed E-state index contributed by atoms with van der Waals surface area (Å²) in [6.45, 7) is 6.52. The van der Waals surface area contributed by atoms with Crippen molar-refractivity contribution < 1.29 is 9.59 Å². The van der Waals surface area contributed by atoms with E-state index in [0.29, 0.717) is 12.2 Å². The molecule has 0 spiro atoms. The number of nitrogens with one attached hydrogen (secondary N) is 1. The van der Waals surface area contributed by atoms with Crippen LogP contribution in [0.15, 0.2) is 42.2 Å². The molecule has 0 saturated carbocycles. The molecule has 24 heavy (non-hydrogen) atoms. The predicted octanol–water partition coefficient (Wildman–Crippen LogP) is 3.40. The lowest BCUT2D eigenvalue weighted by Gasteiger charge is -2.10. The Kier molecular flexibility index (Phi) is 4.25. The SMILES string of the molecule is CCCN1C(=O)N/C(=C/c2cccn2-c2ccc(C)c(C)c2)C1=O. The molecule has 1 aliphatic heterocycles. The van der Waals surface area contributed by atoms with Crippen molar-refractivity contribution in [2.45, 2.75) is 27.2 Å². The highest BCUT2D eigenvalue weighted by molar-refractivity contribution is 6.13. The predicted molar refractivity (Wildman–Crippen MR) is 93.8 cm³/mol. The van der Waals surface area contributed by atoms with E-state index in [1.165, 1.54) is 16.0 Å². The molecule has 0 radical (unpaired) electrons. The second-order valence-electron chi connectivity index (χ2n) is 6.02. The van der Waals surface area contributed by atoms with E-state index in [0.717, 1.165) is 17.8 Å². The third-order valence-electron chi connectivity index (χ3n) is 4.25. The Morgan fingerprint density at radius 1 is 1.12 bits per heavy atom. The van der Waals surface area contributed by atoms with E-state index >= 15 is 0 Å². The molecule has 2 heterocycles. The topological polar surface area (TPSA) is 54.3 Å². The largest absolute Gasteiger partial charge is 0.329 e. The van der Waals surface area contributed by atoms with E-state index in [2.05, 4.69) is 31.3 Å². The number of urea groups is 1. The molecule has 3 amide bonds. The van der Waals surface area contributed by atoms with E-state index in [1.54, 1.807) is 6.08 Å². The van der Waals surface area contributed by atoms with Gasteiger partial charge in [-0.1, -0.05) is 13.0 Å². The highest BCUT2D eigenvalue weighted by atomic mass is 16.2. The number of carbonyl (C=O) groups is 2. The van der Waals surface area contributed by atoms with Crippen molar-refractivity contribution in [3.05, 3.63) is 59.0 Å². The van der Waals surface area contributed by atoms with Crippen LogP contribution in [0.5, 0.6) is 0 Å². The van der Waals surface area contributed by atoms with Gasteiger partial charge in [-0.05, 0) is 61.7 Å². The Morgan fingerprint density at radius 3 is 2.62 bits per heavy atom. The Bertz CT molecular complexity index is 833. The third kappa shape index (κ3) is 2.85. The fraction of sp³-hybridized carbons (Fsp3) is 0.263. The molecule has 1 N–H and O–H groups in total. The first kappa shape index (κ1) is 16.1. The van der Waals surface area contributed by atoms with Crippen LogP contribution in [0.2, 0.25) is 0 Å². The van der Waals surface area contributed by atoms with Crippen LogP contribution in [0.25, 0.3) is 11.8 Å². The van der Waals surface area contributed by atoms with Crippen molar-refractivity contribution in [2.24, 2.45) is 0 Å². The molecule has 1 aromatic heterocycles. The summed E-state index contributed by atoms with van der Waals surface area (Å²) < 4.78 is 2.00. The lowest BCUT2D eigenvalue weighted by molar-refractivity contribution is -0.122. The molecule has 5 heteroatoms. The lowest BCUT2D eigenvalue weighted by atomic mass is 10.1. The summed E-state index contributed by atoms with van der Waals surface area (Å²) in [5, 5.41) is 2.66. The maximum atomic E-state index is 12.3. The van der Waals surface area contributed by atoms with E-state index < -0.39 is 0 Å². The van der Waals surface area contributed by atoms with Gasteiger partial charge in [0.15, 0.2) is 0 Å². The molecule has 1 saturated heterocycles. The summed E-state index contributed by atoms with van der Waals surface area (Å²) in [5.41, 5.74) is 4.63. The van der Waals surface area contributed by atoms with Gasteiger partial charge < -0.3 is 9.88 Å². The van der Waals surface area contributed by atoms with Crippen LogP contribution >= 0.6 is 0 Å². The molecule has 0 unspecified atom stereocenters. The van der Waals surface area contributed by atoms with E-state index in [9.17, 15) is 9.59 Å². The smallest absolute Gasteiger partial charge is 0.317 e. The van der Waals surface area contributed by atoms with Gasteiger partial charge in [-0.15, -0.1) is 0 Å². The molecule has 5 nitrogen and oxygen atoms in total. The van der Waals surface area contributed by atoms with E-state index in [1.807, 2.05) is 35.9 Å². The molecule has 124 valence electrons. The van der Waals surface area contributed by atoms with Gasteiger partial charge in [0.2, 0.25) is 0 Å². The summed E-state index contributed by atoms with van der Waals surface area (Å²) in [7, 11) is 0. The van der Waals surface area contributed by atoms with Crippen LogP contribution in [0.3, 0.4) is 0 Å². The number of benzene rings is 1. The summed E-state index contributed by atoms with van der Waals surface area (Å²) in [4.78, 5) is 25.5. The van der Waals surface area contributed by atoms with Crippen molar-refractivity contribution in [3.8, 4) is 5.69 Å². The molecule has 0 atom stereocenters. The Hall–Kier alpha value is -2.82. The zero-order valence-electron chi connectivity index (χ0n) is 14.2. The van der Waals surface area contributed by atoms with Crippen molar-refractivity contribution in [2.75, 3.05) is 6.54 Å². The highest BCUT2D eigenvalue weighted by Crippen LogP contribution is 2.20. The first-order valence-electron chi connectivity index (χ1n) is 8.10. The number of rotatable bonds is 4. The quantitative estimate of drug-likeness (QED) is 0.692. The van der Waals surface area contributed by atoms with Crippen molar-refractivity contribution >= 4 is 18.0 Å². The third-order valence-corrected chi connectivity index (χ3v) is 4.25. The van der Waals surface area contributed by atoms with Gasteiger partial charge in [-0.2, -0.15) is 0 Å². The normalized spacial score (nSPS) is 16.1. The molecule has 1 aliphatic rings. The van der Waals surface area contributed by atoms with Crippen LogP contribution in [-0.2, 0) is 4.79 Å². The molecular formula is C19H21N3O2. The highest BCUT2D eigenvalue weighted by Gasteiger charge is 2.32. The fourth-order valence-corrected chi connectivity index (χ4v) is 2.77. The molecule has 0 aliphatic carbocycles. The van der Waals surface area contributed by atoms with Crippen molar-refractivity contribution in [3.63, 3.8) is 0 Å². The van der Waals surface area contributed by atoms with Crippen LogP contribution in [0, 0.1) is 13.8 Å². The van der Waals surface area contributed by atoms with E-state index in [-0.39, 0.29) is 11.9 Å². The van der Waals surface area contributed by atoms with Gasteiger partial charge in [0.1, 0.15) is 5.70 Å². The first-order chi connectivity index (χ1) is 11.5. The average molecular weight is 323 g/mol. The number of hydrogen-bond acceptors (Lipinski definition) is 2. The number of aromatic nitrogens is 1. The summed E-state index contributed by atoms with van der Waals surface area (Å²) >= 11 is 0. The fourth-order valence-electron chi connectivity index (χ4n) is 2.77. The lowest BCUT2D eigenvalue weighted by Crippen LogP contribution is -2.31. The number of hydrogen-bond donors (Lipinski definition) is 1. The number of amides is 3. The summed E-state index contributed by atoms with van der Waals surface area (Å²) in [6.07, 6.45) is 4.41. The van der Waals surface area contributed by atoms with Crippen LogP contribution in [-0.4, -0.2) is 28.0 Å². The minimum Gasteiger partial charge on any atom is -0.317 e. The number of nitrogens with zero attached hydrogens (tertiary/aromatic N) is 2. The monoisotopic (exact) mass is 323 g/mol. The Morgan fingerprint density at radius 2 is 1.92 bits per heavy atom. The summed E-state index contributed by atoms with van der Waals surface area (Å²) in [5.74, 6) is -0.269. The van der Waals surface area contributed by atoms with Gasteiger partial charge in [-0.3, -0.25) is 9.69 Å². The Balaban J connectivity index is 1.95. The summed E-state index contributed by atoms with van der Waals surface area (Å²) in [6, 6.07) is 9.72. The van der Waals surface area contributed by atoms with Gasteiger partial charge >= 0.3 is 6.03 Å². The molecular weight excluding hydrogens is 302 g/mol. The second-order valence-corrected chi connectivity index (χ2v) is 6.02. The molecule has 3 rings (SSSR count). The molecule has 0 bridgehead atoms. The van der Waals surface area contributed by atoms with Gasteiger partial charge in [0.05, 0.1) is 0 Å². The maximum absolute atomic E-state index is 12.3. The standard InChI is InChI=1S/C19H21N3O2/c1-4-9-22-18(23)17(20-19(22)24)12-15-6-5-10-21(15)16-8-7-13(2)14(3)11-16/h5-8,10-12H,4,9H2,1-3H3,(H,20,24)/b17-12+. The number of imide groups is 1. The zero-order valence-corrected chi connectivity index (χ0v) is 14.2. The number of aryl methyl sites for hydroxylation is 2. The maximum Gasteiger partial charge on any atom is 0.329 e. The van der Waals surface area contributed by atoms with Gasteiger partial charge in [0, 0.05) is 24.1 Å². The van der Waals surface area contributed by atoms with E-state index in [4.69, 9.17) is 0 Å². The minimum atomic E-state index is -0.350. The van der Waals surface area contributed by atoms with Crippen LogP contribution in [0.1, 0.15) is 30.2 Å². The second kappa shape index (κ2) is 6.35. The average Bonchev–Trinajstić information content (AvgIpc) is 3.11. The van der Waals surface area contributed by atoms with Crippen molar-refractivity contribution in [1.82, 2.24) is 14.8 Å². The molecule has 1 fully saturated rings. The molecule has 2 aromatic rings. The van der Waals surface area contributed by atoms with Gasteiger partial charge in [-0.25, -0.2) is 4.79 Å². The minimum absolute atomic E-state index is 0.269. The Labute approximate surface area is 141 Å².